The molecule has 1 N–H and O–H groups in total. The first-order chi connectivity index (χ1) is 13.6. The SMILES string of the molecule is Cc1cc(C)nc(N2CCCC(C(=O)NCC3CCCN4CCCCC34)C2)n1. The lowest BCUT2D eigenvalue weighted by molar-refractivity contribution is -0.125. The summed E-state index contributed by atoms with van der Waals surface area (Å²) in [6, 6.07) is 2.69. The molecule has 6 nitrogen and oxygen atoms in total. The normalized spacial score (nSPS) is 28.6. The zero-order chi connectivity index (χ0) is 19.5. The summed E-state index contributed by atoms with van der Waals surface area (Å²) >= 11 is 0. The molecule has 0 radical (unpaired) electrons. The van der Waals surface area contributed by atoms with Crippen LogP contribution in [0.1, 0.15) is 56.3 Å². The largest absolute Gasteiger partial charge is 0.355 e. The van der Waals surface area contributed by atoms with E-state index in [-0.39, 0.29) is 11.8 Å². The number of amides is 1. The highest BCUT2D eigenvalue weighted by atomic mass is 16.1. The Morgan fingerprint density at radius 2 is 1.79 bits per heavy atom. The number of nitrogens with zero attached hydrogens (tertiary/aromatic N) is 4. The average Bonchev–Trinajstić information content (AvgIpc) is 2.71. The minimum absolute atomic E-state index is 0.0456. The minimum Gasteiger partial charge on any atom is -0.355 e. The Kier molecular flexibility index (Phi) is 6.14. The number of carbonyl (C=O) groups is 1. The zero-order valence-corrected chi connectivity index (χ0v) is 17.5. The molecule has 0 aromatic carbocycles. The van der Waals surface area contributed by atoms with Crippen molar-refractivity contribution >= 4 is 11.9 Å². The smallest absolute Gasteiger partial charge is 0.225 e. The average molecular weight is 386 g/mol. The van der Waals surface area contributed by atoms with Crippen molar-refractivity contribution in [1.82, 2.24) is 20.2 Å². The molecule has 4 heterocycles. The van der Waals surface area contributed by atoms with E-state index in [2.05, 4.69) is 25.1 Å². The van der Waals surface area contributed by atoms with E-state index in [0.717, 1.165) is 49.8 Å². The lowest BCUT2D eigenvalue weighted by Gasteiger charge is -2.44. The maximum Gasteiger partial charge on any atom is 0.225 e. The number of fused-ring (bicyclic) bond motifs is 1. The molecular weight excluding hydrogens is 350 g/mol. The van der Waals surface area contributed by atoms with Gasteiger partial charge in [-0.2, -0.15) is 0 Å². The van der Waals surface area contributed by atoms with Crippen molar-refractivity contribution in [2.75, 3.05) is 37.6 Å². The molecule has 3 saturated heterocycles. The minimum atomic E-state index is 0.0456. The van der Waals surface area contributed by atoms with E-state index in [1.807, 2.05) is 19.9 Å². The second-order valence-corrected chi connectivity index (χ2v) is 8.98. The summed E-state index contributed by atoms with van der Waals surface area (Å²) < 4.78 is 0. The Bertz CT molecular complexity index is 671. The molecule has 3 atom stereocenters. The number of hydrogen-bond acceptors (Lipinski definition) is 5. The third kappa shape index (κ3) is 4.48. The van der Waals surface area contributed by atoms with Crippen LogP contribution in [0.3, 0.4) is 0 Å². The Morgan fingerprint density at radius 3 is 2.61 bits per heavy atom. The van der Waals surface area contributed by atoms with Gasteiger partial charge in [-0.15, -0.1) is 0 Å². The molecular formula is C22H35N5O. The summed E-state index contributed by atoms with van der Waals surface area (Å²) in [6.07, 6.45) is 8.52. The summed E-state index contributed by atoms with van der Waals surface area (Å²) in [6.45, 7) is 9.03. The number of anilines is 1. The summed E-state index contributed by atoms with van der Waals surface area (Å²) in [5, 5.41) is 3.32. The molecule has 154 valence electrons. The third-order valence-electron chi connectivity index (χ3n) is 6.81. The van der Waals surface area contributed by atoms with Crippen molar-refractivity contribution in [3.63, 3.8) is 0 Å². The fraction of sp³-hybridized carbons (Fsp3) is 0.773. The molecule has 1 amide bonds. The van der Waals surface area contributed by atoms with Gasteiger partial charge in [0, 0.05) is 37.1 Å². The topological polar surface area (TPSA) is 61.4 Å². The van der Waals surface area contributed by atoms with Crippen LogP contribution in [0.15, 0.2) is 6.07 Å². The van der Waals surface area contributed by atoms with Crippen molar-refractivity contribution in [1.29, 1.82) is 0 Å². The Morgan fingerprint density at radius 1 is 1.04 bits per heavy atom. The molecule has 3 fully saturated rings. The van der Waals surface area contributed by atoms with Crippen molar-refractivity contribution in [2.45, 2.75) is 64.8 Å². The molecule has 0 aliphatic carbocycles. The molecule has 3 unspecified atom stereocenters. The molecule has 1 aromatic rings. The van der Waals surface area contributed by atoms with Crippen LogP contribution < -0.4 is 10.2 Å². The molecule has 0 saturated carbocycles. The molecule has 4 rings (SSSR count). The van der Waals surface area contributed by atoms with Crippen molar-refractivity contribution in [3.05, 3.63) is 17.5 Å². The summed E-state index contributed by atoms with van der Waals surface area (Å²) in [5.41, 5.74) is 1.98. The first-order valence-electron chi connectivity index (χ1n) is 11.2. The van der Waals surface area contributed by atoms with Crippen LogP contribution in [-0.2, 0) is 4.79 Å². The fourth-order valence-electron chi connectivity index (χ4n) is 5.41. The monoisotopic (exact) mass is 385 g/mol. The van der Waals surface area contributed by atoms with Gasteiger partial charge in [-0.3, -0.25) is 4.79 Å². The maximum atomic E-state index is 12.9. The fourth-order valence-corrected chi connectivity index (χ4v) is 5.41. The first kappa shape index (κ1) is 19.6. The van der Waals surface area contributed by atoms with E-state index < -0.39 is 0 Å². The van der Waals surface area contributed by atoms with Crippen molar-refractivity contribution in [3.8, 4) is 0 Å². The van der Waals surface area contributed by atoms with Crippen molar-refractivity contribution in [2.24, 2.45) is 11.8 Å². The quantitative estimate of drug-likeness (QED) is 0.863. The second-order valence-electron chi connectivity index (χ2n) is 8.98. The van der Waals surface area contributed by atoms with Crippen LogP contribution in [0.5, 0.6) is 0 Å². The van der Waals surface area contributed by atoms with Crippen LogP contribution >= 0.6 is 0 Å². The number of nitrogens with one attached hydrogen (secondary N) is 1. The van der Waals surface area contributed by atoms with Gasteiger partial charge in [0.25, 0.3) is 0 Å². The molecule has 1 aromatic heterocycles. The lowest BCUT2D eigenvalue weighted by atomic mass is 9.83. The Labute approximate surface area is 169 Å². The highest BCUT2D eigenvalue weighted by Gasteiger charge is 2.34. The van der Waals surface area contributed by atoms with Crippen LogP contribution in [0.2, 0.25) is 0 Å². The predicted octanol–water partition coefficient (Wildman–Crippen LogP) is 2.69. The van der Waals surface area contributed by atoms with Gasteiger partial charge < -0.3 is 15.1 Å². The van der Waals surface area contributed by atoms with Crippen LogP contribution in [0.25, 0.3) is 0 Å². The van der Waals surface area contributed by atoms with E-state index in [1.165, 1.54) is 45.2 Å². The number of hydrogen-bond donors (Lipinski definition) is 1. The van der Waals surface area contributed by atoms with Gasteiger partial charge in [-0.1, -0.05) is 6.42 Å². The lowest BCUT2D eigenvalue weighted by Crippen LogP contribution is -2.52. The summed E-state index contributed by atoms with van der Waals surface area (Å²) in [7, 11) is 0. The third-order valence-corrected chi connectivity index (χ3v) is 6.81. The molecule has 0 spiro atoms. The molecule has 6 heteroatoms. The van der Waals surface area contributed by atoms with Gasteiger partial charge in [-0.05, 0) is 77.4 Å². The number of aryl methyl sites for hydroxylation is 2. The van der Waals surface area contributed by atoms with Gasteiger partial charge in [0.1, 0.15) is 0 Å². The molecule has 3 aliphatic heterocycles. The molecule has 3 aliphatic rings. The van der Waals surface area contributed by atoms with Crippen LogP contribution in [-0.4, -0.2) is 59.5 Å². The number of piperidine rings is 3. The van der Waals surface area contributed by atoms with Gasteiger partial charge in [0.15, 0.2) is 0 Å². The summed E-state index contributed by atoms with van der Waals surface area (Å²) in [5.74, 6) is 1.67. The van der Waals surface area contributed by atoms with Gasteiger partial charge in [-0.25, -0.2) is 9.97 Å². The predicted molar refractivity (Wildman–Crippen MR) is 111 cm³/mol. The number of rotatable bonds is 4. The van der Waals surface area contributed by atoms with Crippen LogP contribution in [0.4, 0.5) is 5.95 Å². The molecule has 0 bridgehead atoms. The van der Waals surface area contributed by atoms with E-state index in [4.69, 9.17) is 0 Å². The zero-order valence-electron chi connectivity index (χ0n) is 17.5. The van der Waals surface area contributed by atoms with E-state index >= 15 is 0 Å². The van der Waals surface area contributed by atoms with Gasteiger partial charge in [0.2, 0.25) is 11.9 Å². The maximum absolute atomic E-state index is 12.9. The van der Waals surface area contributed by atoms with E-state index in [0.29, 0.717) is 12.0 Å². The van der Waals surface area contributed by atoms with Gasteiger partial charge >= 0.3 is 0 Å². The Hall–Kier alpha value is -1.69. The highest BCUT2D eigenvalue weighted by molar-refractivity contribution is 5.79. The van der Waals surface area contributed by atoms with Gasteiger partial charge in [0.05, 0.1) is 5.92 Å². The van der Waals surface area contributed by atoms with Crippen LogP contribution in [0, 0.1) is 25.7 Å². The Balaban J connectivity index is 1.33. The first-order valence-corrected chi connectivity index (χ1v) is 11.2. The van der Waals surface area contributed by atoms with E-state index in [9.17, 15) is 4.79 Å². The standard InChI is InChI=1S/C22H35N5O/c1-16-13-17(2)25-22(24-16)27-12-6-8-19(15-27)21(28)23-14-18-7-5-11-26-10-4-3-9-20(18)26/h13,18-20H,3-12,14-15H2,1-2H3,(H,23,28). The molecule has 28 heavy (non-hydrogen) atoms. The summed E-state index contributed by atoms with van der Waals surface area (Å²) in [4.78, 5) is 27.0. The second kappa shape index (κ2) is 8.76. The van der Waals surface area contributed by atoms with E-state index in [1.54, 1.807) is 0 Å². The number of aromatic nitrogens is 2. The number of carbonyl (C=O) groups excluding carboxylic acids is 1. The highest BCUT2D eigenvalue weighted by Crippen LogP contribution is 2.30. The van der Waals surface area contributed by atoms with Crippen molar-refractivity contribution < 1.29 is 4.79 Å².